The lowest BCUT2D eigenvalue weighted by Gasteiger charge is -2.33. The van der Waals surface area contributed by atoms with Gasteiger partial charge in [-0.25, -0.2) is 0 Å². The van der Waals surface area contributed by atoms with Gasteiger partial charge >= 0.3 is 0 Å². The van der Waals surface area contributed by atoms with Crippen molar-refractivity contribution in [2.45, 2.75) is 32.7 Å². The molecule has 2 unspecified atom stereocenters. The van der Waals surface area contributed by atoms with Crippen molar-refractivity contribution >= 4 is 17.3 Å². The molecule has 2 rings (SSSR count). The van der Waals surface area contributed by atoms with Gasteiger partial charge in [-0.3, -0.25) is 0 Å². The van der Waals surface area contributed by atoms with E-state index in [0.717, 1.165) is 29.6 Å². The molecule has 0 saturated carbocycles. The highest BCUT2D eigenvalue weighted by Crippen LogP contribution is 2.29. The van der Waals surface area contributed by atoms with Gasteiger partial charge in [-0.15, -0.1) is 0 Å². The number of rotatable bonds is 2. The van der Waals surface area contributed by atoms with Crippen LogP contribution < -0.4 is 10.6 Å². The molecule has 0 bridgehead atoms. The van der Waals surface area contributed by atoms with Crippen LogP contribution in [-0.4, -0.2) is 13.1 Å². The minimum absolute atomic E-state index is 0.00294. The number of nitrogens with two attached hydrogens (primary N) is 1. The Balaban J connectivity index is 2.19. The van der Waals surface area contributed by atoms with E-state index >= 15 is 0 Å². The van der Waals surface area contributed by atoms with Crippen molar-refractivity contribution in [3.63, 3.8) is 0 Å². The molecule has 17 heavy (non-hydrogen) atoms. The van der Waals surface area contributed by atoms with Crippen molar-refractivity contribution in [3.05, 3.63) is 28.8 Å². The second-order valence-corrected chi connectivity index (χ2v) is 5.60. The highest BCUT2D eigenvalue weighted by atomic mass is 35.5. The van der Waals surface area contributed by atoms with Gasteiger partial charge in [0.05, 0.1) is 0 Å². The van der Waals surface area contributed by atoms with Crippen molar-refractivity contribution in [1.29, 1.82) is 0 Å². The van der Waals surface area contributed by atoms with E-state index in [1.807, 2.05) is 6.92 Å². The Kier molecular flexibility index (Phi) is 3.95. The van der Waals surface area contributed by atoms with Crippen LogP contribution in [0.4, 0.5) is 5.69 Å². The van der Waals surface area contributed by atoms with Crippen molar-refractivity contribution < 1.29 is 0 Å². The molecule has 0 amide bonds. The smallest absolute Gasteiger partial charge is 0.0474 e. The van der Waals surface area contributed by atoms with Crippen LogP contribution in [0.5, 0.6) is 0 Å². The van der Waals surface area contributed by atoms with Crippen LogP contribution in [0.15, 0.2) is 18.2 Å². The molecule has 2 N–H and O–H groups in total. The zero-order chi connectivity index (χ0) is 12.4. The van der Waals surface area contributed by atoms with Crippen molar-refractivity contribution in [2.24, 2.45) is 11.7 Å². The molecule has 1 aromatic carbocycles. The summed E-state index contributed by atoms with van der Waals surface area (Å²) >= 11 is 6.27. The summed E-state index contributed by atoms with van der Waals surface area (Å²) in [6, 6.07) is 6.25. The fraction of sp³-hybridized carbons (Fsp3) is 0.571. The summed E-state index contributed by atoms with van der Waals surface area (Å²) in [4.78, 5) is 2.42. The van der Waals surface area contributed by atoms with Crippen LogP contribution in [0.1, 0.15) is 38.3 Å². The van der Waals surface area contributed by atoms with E-state index in [1.165, 1.54) is 18.5 Å². The molecule has 1 saturated heterocycles. The Morgan fingerprint density at radius 3 is 2.82 bits per heavy atom. The molecular weight excluding hydrogens is 232 g/mol. The van der Waals surface area contributed by atoms with Crippen molar-refractivity contribution in [1.82, 2.24) is 0 Å². The first-order chi connectivity index (χ1) is 8.08. The maximum atomic E-state index is 6.27. The Hall–Kier alpha value is -0.730. The number of halogens is 1. The normalized spacial score (nSPS) is 22.6. The van der Waals surface area contributed by atoms with Gasteiger partial charge in [-0.05, 0) is 43.4 Å². The van der Waals surface area contributed by atoms with Gasteiger partial charge < -0.3 is 10.6 Å². The quantitative estimate of drug-likeness (QED) is 0.872. The largest absolute Gasteiger partial charge is 0.371 e. The van der Waals surface area contributed by atoms with E-state index in [-0.39, 0.29) is 6.04 Å². The lowest BCUT2D eigenvalue weighted by atomic mass is 9.99. The molecular formula is C14H21ClN2. The Bertz CT molecular complexity index is 390. The first kappa shape index (κ1) is 12.7. The van der Waals surface area contributed by atoms with E-state index in [0.29, 0.717) is 0 Å². The molecule has 1 aromatic rings. The average Bonchev–Trinajstić information content (AvgIpc) is 2.28. The molecule has 0 spiro atoms. The third-order valence-electron chi connectivity index (χ3n) is 3.50. The Morgan fingerprint density at radius 2 is 2.24 bits per heavy atom. The summed E-state index contributed by atoms with van der Waals surface area (Å²) in [5, 5.41) is 0.788. The van der Waals surface area contributed by atoms with E-state index < -0.39 is 0 Å². The molecule has 0 aliphatic carbocycles. The van der Waals surface area contributed by atoms with Gasteiger partial charge in [-0.1, -0.05) is 24.6 Å². The molecule has 2 nitrogen and oxygen atoms in total. The molecule has 0 aromatic heterocycles. The fourth-order valence-corrected chi connectivity index (χ4v) is 2.85. The maximum absolute atomic E-state index is 6.27. The Labute approximate surface area is 109 Å². The predicted molar refractivity (Wildman–Crippen MR) is 74.7 cm³/mol. The number of hydrogen-bond acceptors (Lipinski definition) is 2. The van der Waals surface area contributed by atoms with Crippen LogP contribution >= 0.6 is 11.6 Å². The van der Waals surface area contributed by atoms with Crippen LogP contribution in [-0.2, 0) is 0 Å². The zero-order valence-corrected chi connectivity index (χ0v) is 11.4. The van der Waals surface area contributed by atoms with Gasteiger partial charge in [-0.2, -0.15) is 0 Å². The first-order valence-electron chi connectivity index (χ1n) is 6.38. The summed E-state index contributed by atoms with van der Waals surface area (Å²) in [7, 11) is 0. The highest BCUT2D eigenvalue weighted by Gasteiger charge is 2.17. The molecule has 0 radical (unpaired) electrons. The minimum Gasteiger partial charge on any atom is -0.371 e. The van der Waals surface area contributed by atoms with Gasteiger partial charge in [0.25, 0.3) is 0 Å². The number of hydrogen-bond donors (Lipinski definition) is 1. The molecule has 3 heteroatoms. The summed E-state index contributed by atoms with van der Waals surface area (Å²) in [5.41, 5.74) is 8.12. The van der Waals surface area contributed by atoms with Gasteiger partial charge in [0.2, 0.25) is 0 Å². The van der Waals surface area contributed by atoms with Gasteiger partial charge in [0.1, 0.15) is 0 Å². The molecule has 1 aliphatic heterocycles. The van der Waals surface area contributed by atoms with Crippen LogP contribution in [0, 0.1) is 5.92 Å². The molecule has 1 aliphatic rings. The molecule has 2 atom stereocenters. The van der Waals surface area contributed by atoms with Crippen LogP contribution in [0.3, 0.4) is 0 Å². The topological polar surface area (TPSA) is 29.3 Å². The van der Waals surface area contributed by atoms with Gasteiger partial charge in [0, 0.05) is 29.8 Å². The molecule has 1 fully saturated rings. The summed E-state index contributed by atoms with van der Waals surface area (Å²) < 4.78 is 0. The SMILES string of the molecule is CC1CCCN(c2ccc(C(C)N)c(Cl)c2)C1. The first-order valence-corrected chi connectivity index (χ1v) is 6.75. The Morgan fingerprint density at radius 1 is 1.47 bits per heavy atom. The maximum Gasteiger partial charge on any atom is 0.0474 e. The standard InChI is InChI=1S/C14H21ClN2/c1-10-4-3-7-17(9-10)12-5-6-13(11(2)16)14(15)8-12/h5-6,8,10-11H,3-4,7,9,16H2,1-2H3. The number of nitrogens with zero attached hydrogens (tertiary/aromatic N) is 1. The van der Waals surface area contributed by atoms with Crippen LogP contribution in [0.25, 0.3) is 0 Å². The summed E-state index contributed by atoms with van der Waals surface area (Å²) in [6.07, 6.45) is 2.61. The lowest BCUT2D eigenvalue weighted by Crippen LogP contribution is -2.34. The number of benzene rings is 1. The molecule has 1 heterocycles. The van der Waals surface area contributed by atoms with E-state index in [9.17, 15) is 0 Å². The second kappa shape index (κ2) is 5.28. The van der Waals surface area contributed by atoms with Crippen molar-refractivity contribution in [3.8, 4) is 0 Å². The van der Waals surface area contributed by atoms with Crippen LogP contribution in [0.2, 0.25) is 5.02 Å². The van der Waals surface area contributed by atoms with E-state index in [1.54, 1.807) is 0 Å². The molecule has 94 valence electrons. The average molecular weight is 253 g/mol. The monoisotopic (exact) mass is 252 g/mol. The highest BCUT2D eigenvalue weighted by molar-refractivity contribution is 6.31. The summed E-state index contributed by atoms with van der Waals surface area (Å²) in [5.74, 6) is 0.774. The lowest BCUT2D eigenvalue weighted by molar-refractivity contribution is 0.447. The van der Waals surface area contributed by atoms with E-state index in [4.69, 9.17) is 17.3 Å². The predicted octanol–water partition coefficient (Wildman–Crippen LogP) is 3.60. The van der Waals surface area contributed by atoms with E-state index in [2.05, 4.69) is 30.0 Å². The number of anilines is 1. The zero-order valence-electron chi connectivity index (χ0n) is 10.6. The fourth-order valence-electron chi connectivity index (χ4n) is 2.51. The summed E-state index contributed by atoms with van der Waals surface area (Å²) in [6.45, 7) is 6.54. The minimum atomic E-state index is -0.00294. The van der Waals surface area contributed by atoms with Crippen molar-refractivity contribution in [2.75, 3.05) is 18.0 Å². The third kappa shape index (κ3) is 2.93. The third-order valence-corrected chi connectivity index (χ3v) is 3.82. The van der Waals surface area contributed by atoms with Gasteiger partial charge in [0.15, 0.2) is 0 Å². The number of piperidine rings is 1. The second-order valence-electron chi connectivity index (χ2n) is 5.19.